The van der Waals surface area contributed by atoms with E-state index in [1.807, 2.05) is 23.6 Å². The van der Waals surface area contributed by atoms with Gasteiger partial charge in [-0.3, -0.25) is 0 Å². The third-order valence-electron chi connectivity index (χ3n) is 7.26. The molecule has 205 valence electrons. The van der Waals surface area contributed by atoms with E-state index in [0.29, 0.717) is 6.04 Å². The van der Waals surface area contributed by atoms with Gasteiger partial charge in [0, 0.05) is 43.1 Å². The Balaban J connectivity index is 0.000000182. The number of rotatable bonds is 3. The van der Waals surface area contributed by atoms with Crippen LogP contribution in [0.2, 0.25) is 0 Å². The van der Waals surface area contributed by atoms with Crippen molar-refractivity contribution in [2.75, 3.05) is 0 Å². The molecule has 0 fully saturated rings. The molecular formula is C36H31IrN3S. The summed E-state index contributed by atoms with van der Waals surface area (Å²) >= 11 is 1.83. The Labute approximate surface area is 259 Å². The van der Waals surface area contributed by atoms with Crippen LogP contribution in [0.5, 0.6) is 0 Å². The molecular weight excluding hydrogens is 699 g/mol. The molecule has 0 aliphatic carbocycles. The Hall–Kier alpha value is -3.72. The van der Waals surface area contributed by atoms with Crippen LogP contribution in [0.15, 0.2) is 91.1 Å². The molecule has 1 radical (unpaired) electrons. The Morgan fingerprint density at radius 3 is 2.27 bits per heavy atom. The predicted octanol–water partition coefficient (Wildman–Crippen LogP) is 9.40. The fraction of sp³-hybridized carbons (Fsp3) is 0.167. The summed E-state index contributed by atoms with van der Waals surface area (Å²) in [5, 5.41) is 2.58. The summed E-state index contributed by atoms with van der Waals surface area (Å²) in [6, 6.07) is 40.2. The monoisotopic (exact) mass is 730 g/mol. The van der Waals surface area contributed by atoms with Crippen molar-refractivity contribution in [2.45, 2.75) is 40.7 Å². The molecule has 0 spiro atoms. The summed E-state index contributed by atoms with van der Waals surface area (Å²) < 4.78 is 6.93. The molecule has 0 saturated carbocycles. The number of hydrogen-bond donors (Lipinski definition) is 0. The van der Waals surface area contributed by atoms with E-state index >= 15 is 0 Å². The van der Waals surface area contributed by atoms with Crippen molar-refractivity contribution in [3.63, 3.8) is 0 Å². The molecule has 4 aromatic carbocycles. The predicted molar refractivity (Wildman–Crippen MR) is 169 cm³/mol. The van der Waals surface area contributed by atoms with E-state index in [1.165, 1.54) is 42.6 Å². The first-order chi connectivity index (χ1) is 19.4. The van der Waals surface area contributed by atoms with E-state index in [1.54, 1.807) is 0 Å². The maximum Gasteiger partial charge on any atom is 0.494 e. The van der Waals surface area contributed by atoms with Gasteiger partial charge in [-0.25, -0.2) is 0 Å². The Morgan fingerprint density at radius 1 is 0.780 bits per heavy atom. The van der Waals surface area contributed by atoms with Crippen molar-refractivity contribution in [3.8, 4) is 11.3 Å². The maximum atomic E-state index is 4.41. The fourth-order valence-corrected chi connectivity index (χ4v) is 5.99. The summed E-state index contributed by atoms with van der Waals surface area (Å²) in [7, 11) is 0. The first kappa shape index (κ1) is 28.8. The Bertz CT molecular complexity index is 1940. The van der Waals surface area contributed by atoms with Crippen LogP contribution in [-0.4, -0.2) is 21.6 Å². The minimum Gasteiger partial charge on any atom is -0.304 e. The molecule has 0 N–H and O–H groups in total. The van der Waals surface area contributed by atoms with Crippen LogP contribution < -0.4 is 4.58 Å². The van der Waals surface area contributed by atoms with Gasteiger partial charge in [-0.2, -0.15) is 17.4 Å². The zero-order valence-electron chi connectivity index (χ0n) is 23.8. The van der Waals surface area contributed by atoms with E-state index in [9.17, 15) is 0 Å². The molecule has 6 aromatic rings. The number of pyridine rings is 1. The topological polar surface area (TPSA) is 18.9 Å². The van der Waals surface area contributed by atoms with Crippen molar-refractivity contribution in [1.29, 1.82) is 0 Å². The molecule has 2 aromatic heterocycles. The Morgan fingerprint density at radius 2 is 1.54 bits per heavy atom. The third kappa shape index (κ3) is 5.73. The summed E-state index contributed by atoms with van der Waals surface area (Å²) in [5.41, 5.74) is 9.18. The van der Waals surface area contributed by atoms with Crippen LogP contribution in [0.1, 0.15) is 30.5 Å². The number of aryl methyl sites for hydroxylation is 3. The van der Waals surface area contributed by atoms with Gasteiger partial charge in [0.1, 0.15) is 5.69 Å². The van der Waals surface area contributed by atoms with Gasteiger partial charge in [0.15, 0.2) is 6.04 Å². The van der Waals surface area contributed by atoms with E-state index in [0.717, 1.165) is 22.6 Å². The molecule has 3 nitrogen and oxygen atoms in total. The first-order valence-electron chi connectivity index (χ1n) is 13.6. The molecule has 5 heteroatoms. The number of aromatic nitrogens is 1. The van der Waals surface area contributed by atoms with Crippen LogP contribution >= 0.6 is 11.3 Å². The summed E-state index contributed by atoms with van der Waals surface area (Å²) in [4.78, 5) is 4.41. The van der Waals surface area contributed by atoms with Gasteiger partial charge in [0.2, 0.25) is 0 Å². The number of fused-ring (bicyclic) bond motifs is 4. The molecule has 1 aliphatic heterocycles. The SMILES string of the molecule is CC(C)[N+]1=C=[N+](c2[c-]cc3c(c2)sc2ccccc23)c2ccccc21.Cc1c[c-]c(-c2cc(C)c(C)cn2)cc1.[Ir]. The van der Waals surface area contributed by atoms with E-state index < -0.39 is 0 Å². The minimum atomic E-state index is 0. The second kappa shape index (κ2) is 12.0. The van der Waals surface area contributed by atoms with Crippen molar-refractivity contribution in [2.24, 2.45) is 0 Å². The second-order valence-corrected chi connectivity index (χ2v) is 11.6. The van der Waals surface area contributed by atoms with Crippen LogP contribution in [0.3, 0.4) is 0 Å². The number of nitrogens with zero attached hydrogens (tertiary/aromatic N) is 3. The van der Waals surface area contributed by atoms with Crippen LogP contribution in [0.25, 0.3) is 31.4 Å². The molecule has 0 unspecified atom stereocenters. The summed E-state index contributed by atoms with van der Waals surface area (Å²) in [5.74, 6) is 0. The van der Waals surface area contributed by atoms with Gasteiger partial charge in [-0.15, -0.1) is 46.8 Å². The normalized spacial score (nSPS) is 12.0. The molecule has 41 heavy (non-hydrogen) atoms. The van der Waals surface area contributed by atoms with Crippen molar-refractivity contribution < 1.29 is 24.7 Å². The Kier molecular flexibility index (Phi) is 8.45. The van der Waals surface area contributed by atoms with Gasteiger partial charge >= 0.3 is 6.01 Å². The van der Waals surface area contributed by atoms with Gasteiger partial charge in [-0.1, -0.05) is 74.2 Å². The number of para-hydroxylation sites is 2. The van der Waals surface area contributed by atoms with Crippen LogP contribution in [0.4, 0.5) is 17.1 Å². The standard InChI is InChI=1S/C22H17N2S.C14H14N.Ir/c1-15(2)23-14-24(20-9-5-4-8-19(20)23)16-11-12-18-17-7-3-6-10-21(17)25-22(18)13-16;1-10-4-6-13(7-5-10)14-8-11(2)12(3)9-15-14;/h3-10,12-13,15H,1-2H3;4-6,8-9H,1-3H3;/q+1;-1;. The van der Waals surface area contributed by atoms with Crippen LogP contribution in [-0.2, 0) is 20.1 Å². The number of hydrogen-bond acceptors (Lipinski definition) is 2. The molecule has 0 bridgehead atoms. The van der Waals surface area contributed by atoms with Crippen LogP contribution in [0, 0.1) is 32.9 Å². The van der Waals surface area contributed by atoms with Crippen molar-refractivity contribution in [3.05, 3.63) is 120 Å². The fourth-order valence-electron chi connectivity index (χ4n) is 4.86. The first-order valence-corrected chi connectivity index (χ1v) is 14.4. The average molecular weight is 730 g/mol. The number of thiophene rings is 1. The smallest absolute Gasteiger partial charge is 0.304 e. The van der Waals surface area contributed by atoms with E-state index in [-0.39, 0.29) is 20.1 Å². The summed E-state index contributed by atoms with van der Waals surface area (Å²) in [6.45, 7) is 10.6. The molecule has 0 amide bonds. The third-order valence-corrected chi connectivity index (χ3v) is 8.39. The van der Waals surface area contributed by atoms with Gasteiger partial charge in [0.25, 0.3) is 11.4 Å². The van der Waals surface area contributed by atoms with Crippen molar-refractivity contribution in [1.82, 2.24) is 9.56 Å². The molecule has 7 rings (SSSR count). The van der Waals surface area contributed by atoms with Gasteiger partial charge in [-0.05, 0) is 45.0 Å². The molecule has 0 saturated heterocycles. The average Bonchev–Trinajstić information content (AvgIpc) is 3.54. The zero-order valence-corrected chi connectivity index (χ0v) is 27.0. The second-order valence-electron chi connectivity index (χ2n) is 10.5. The zero-order chi connectivity index (χ0) is 27.8. The largest absolute Gasteiger partial charge is 0.494 e. The minimum absolute atomic E-state index is 0. The van der Waals surface area contributed by atoms with Gasteiger partial charge < -0.3 is 4.98 Å². The molecule has 3 heterocycles. The quantitative estimate of drug-likeness (QED) is 0.131. The summed E-state index contributed by atoms with van der Waals surface area (Å²) in [6.07, 6.45) is 1.92. The van der Waals surface area contributed by atoms with E-state index in [2.05, 4.69) is 146 Å². The maximum absolute atomic E-state index is 4.41. The number of benzene rings is 4. The van der Waals surface area contributed by atoms with E-state index in [4.69, 9.17) is 0 Å². The molecule has 0 atom stereocenters. The molecule has 1 aliphatic rings. The van der Waals surface area contributed by atoms with Crippen molar-refractivity contribution >= 4 is 54.6 Å². The van der Waals surface area contributed by atoms with Gasteiger partial charge in [0.05, 0.1) is 0 Å².